The summed E-state index contributed by atoms with van der Waals surface area (Å²) in [6.45, 7) is 3.70. The van der Waals surface area contributed by atoms with Crippen molar-refractivity contribution in [2.24, 2.45) is 0 Å². The lowest BCUT2D eigenvalue weighted by Gasteiger charge is -2.33. The third-order valence-corrected chi connectivity index (χ3v) is 7.14. The highest BCUT2D eigenvalue weighted by Crippen LogP contribution is 2.28. The number of ether oxygens (including phenoxy) is 2. The van der Waals surface area contributed by atoms with Gasteiger partial charge in [0.2, 0.25) is 0 Å². The van der Waals surface area contributed by atoms with E-state index in [1.807, 2.05) is 18.2 Å². The molecule has 0 heterocycles. The second-order valence-electron chi connectivity index (χ2n) is 9.96. The Morgan fingerprint density at radius 1 is 0.875 bits per heavy atom. The summed E-state index contributed by atoms with van der Waals surface area (Å²) in [6, 6.07) is 33.1. The zero-order valence-electron chi connectivity index (χ0n) is 23.0. The van der Waals surface area contributed by atoms with Crippen molar-refractivity contribution in [2.75, 3.05) is 20.3 Å². The topological polar surface area (TPSA) is 59.0 Å². The fraction of sp³-hybridized carbons (Fsp3) is 0.265. The zero-order chi connectivity index (χ0) is 28.3. The van der Waals surface area contributed by atoms with Gasteiger partial charge in [-0.15, -0.1) is 0 Å². The summed E-state index contributed by atoms with van der Waals surface area (Å²) in [7, 11) is 1.53. The molecule has 0 bridgehead atoms. The molecule has 0 aromatic heterocycles. The summed E-state index contributed by atoms with van der Waals surface area (Å²) >= 11 is 0. The van der Waals surface area contributed by atoms with Crippen molar-refractivity contribution in [1.82, 2.24) is 4.90 Å². The zero-order valence-corrected chi connectivity index (χ0v) is 23.0. The van der Waals surface area contributed by atoms with E-state index in [0.717, 1.165) is 0 Å². The first-order valence-corrected chi connectivity index (χ1v) is 13.5. The first kappa shape index (κ1) is 28.8. The Balaban J connectivity index is 1.54. The van der Waals surface area contributed by atoms with Crippen molar-refractivity contribution in [1.29, 1.82) is 0 Å². The summed E-state index contributed by atoms with van der Waals surface area (Å²) in [5, 5.41) is 9.09. The van der Waals surface area contributed by atoms with E-state index < -0.39 is 5.97 Å². The van der Waals surface area contributed by atoms with Crippen LogP contribution < -0.4 is 9.47 Å². The number of carbonyl (C=O) groups is 1. The van der Waals surface area contributed by atoms with Crippen LogP contribution in [0.4, 0.5) is 4.39 Å². The molecule has 0 saturated heterocycles. The largest absolute Gasteiger partial charge is 0.497 e. The Kier molecular flexibility index (Phi) is 10.3. The molecule has 0 saturated carbocycles. The lowest BCUT2D eigenvalue weighted by atomic mass is 9.90. The maximum absolute atomic E-state index is 15.1. The second-order valence-corrected chi connectivity index (χ2v) is 9.96. The van der Waals surface area contributed by atoms with Crippen molar-refractivity contribution in [3.8, 4) is 11.5 Å². The highest BCUT2D eigenvalue weighted by molar-refractivity contribution is 5.70. The number of carboxylic acid groups (broad SMARTS) is 1. The maximum Gasteiger partial charge on any atom is 0.307 e. The number of rotatable bonds is 14. The molecular formula is C34H36FNO4. The average Bonchev–Trinajstić information content (AvgIpc) is 2.96. The average molecular weight is 542 g/mol. The van der Waals surface area contributed by atoms with Crippen LogP contribution in [0.1, 0.15) is 41.5 Å². The summed E-state index contributed by atoms with van der Waals surface area (Å²) in [4.78, 5) is 13.4. The number of aliphatic carboxylic acids is 1. The minimum atomic E-state index is -0.876. The maximum atomic E-state index is 15.1. The Bertz CT molecular complexity index is 1320. The normalized spacial score (nSPS) is 11.9. The molecule has 0 spiro atoms. The van der Waals surface area contributed by atoms with E-state index in [0.29, 0.717) is 48.7 Å². The van der Waals surface area contributed by atoms with E-state index in [9.17, 15) is 4.79 Å². The van der Waals surface area contributed by atoms with Gasteiger partial charge in [0.15, 0.2) is 0 Å². The van der Waals surface area contributed by atoms with Crippen LogP contribution in [-0.2, 0) is 17.8 Å². The first-order chi connectivity index (χ1) is 19.4. The SMILES string of the molecule is COc1ccc(CN(CC(c2ccccc2)c2ccccc2)[C@H](C)CCOc2cccc(CC(=O)O)c2)c(F)c1. The van der Waals surface area contributed by atoms with Gasteiger partial charge in [-0.05, 0) is 48.2 Å². The van der Waals surface area contributed by atoms with Gasteiger partial charge in [0.05, 0.1) is 20.1 Å². The standard InChI is InChI=1S/C34H36FNO4/c1-25(18-19-40-31-15-9-10-26(20-31)21-34(37)38)36(23-29-16-17-30(39-2)22-33(29)35)24-32(27-11-5-3-6-12-27)28-13-7-4-8-14-28/h3-17,20,22,25,32H,18-19,21,23-24H2,1-2H3,(H,37,38)/t25-/m1/s1. The van der Waals surface area contributed by atoms with Crippen LogP contribution in [0.5, 0.6) is 11.5 Å². The number of carboxylic acids is 1. The quantitative estimate of drug-likeness (QED) is 0.187. The summed E-state index contributed by atoms with van der Waals surface area (Å²) in [5.74, 6) is 0.0633. The van der Waals surface area contributed by atoms with Gasteiger partial charge in [-0.3, -0.25) is 9.69 Å². The van der Waals surface area contributed by atoms with Crippen molar-refractivity contribution in [2.45, 2.75) is 38.3 Å². The third-order valence-electron chi connectivity index (χ3n) is 7.14. The molecule has 6 heteroatoms. The third kappa shape index (κ3) is 8.17. The molecule has 0 fully saturated rings. The summed E-state index contributed by atoms with van der Waals surface area (Å²) in [6.07, 6.45) is 0.659. The van der Waals surface area contributed by atoms with Crippen LogP contribution in [0.2, 0.25) is 0 Å². The molecule has 1 atom stereocenters. The number of hydrogen-bond acceptors (Lipinski definition) is 4. The van der Waals surface area contributed by atoms with Gasteiger partial charge >= 0.3 is 5.97 Å². The Morgan fingerprint density at radius 3 is 2.15 bits per heavy atom. The molecule has 4 rings (SSSR count). The molecule has 0 radical (unpaired) electrons. The smallest absolute Gasteiger partial charge is 0.307 e. The van der Waals surface area contributed by atoms with Crippen LogP contribution in [0.15, 0.2) is 103 Å². The van der Waals surface area contributed by atoms with Crippen LogP contribution >= 0.6 is 0 Å². The fourth-order valence-corrected chi connectivity index (χ4v) is 4.86. The molecule has 208 valence electrons. The van der Waals surface area contributed by atoms with Crippen LogP contribution in [0.25, 0.3) is 0 Å². The van der Waals surface area contributed by atoms with Gasteiger partial charge in [-0.2, -0.15) is 0 Å². The number of halogens is 1. The van der Waals surface area contributed by atoms with E-state index in [1.165, 1.54) is 24.3 Å². The fourth-order valence-electron chi connectivity index (χ4n) is 4.86. The summed E-state index contributed by atoms with van der Waals surface area (Å²) in [5.41, 5.74) is 3.71. The lowest BCUT2D eigenvalue weighted by molar-refractivity contribution is -0.136. The molecule has 4 aromatic carbocycles. The van der Waals surface area contributed by atoms with E-state index >= 15 is 4.39 Å². The molecular weight excluding hydrogens is 505 g/mol. The molecule has 4 aromatic rings. The van der Waals surface area contributed by atoms with E-state index in [-0.39, 0.29) is 24.2 Å². The first-order valence-electron chi connectivity index (χ1n) is 13.5. The van der Waals surface area contributed by atoms with Crippen LogP contribution in [0, 0.1) is 5.82 Å². The van der Waals surface area contributed by atoms with E-state index in [1.54, 1.807) is 30.3 Å². The Morgan fingerprint density at radius 2 is 1.55 bits per heavy atom. The molecule has 0 amide bonds. The molecule has 0 aliphatic carbocycles. The number of hydrogen-bond donors (Lipinski definition) is 1. The monoisotopic (exact) mass is 541 g/mol. The lowest BCUT2D eigenvalue weighted by Crippen LogP contribution is -2.37. The number of methoxy groups -OCH3 is 1. The van der Waals surface area contributed by atoms with E-state index in [2.05, 4.69) is 60.4 Å². The molecule has 5 nitrogen and oxygen atoms in total. The highest BCUT2D eigenvalue weighted by Gasteiger charge is 2.23. The van der Waals surface area contributed by atoms with Crippen LogP contribution in [0.3, 0.4) is 0 Å². The van der Waals surface area contributed by atoms with E-state index in [4.69, 9.17) is 14.6 Å². The number of benzene rings is 4. The van der Waals surface area contributed by atoms with Gasteiger partial charge in [0.25, 0.3) is 0 Å². The van der Waals surface area contributed by atoms with Gasteiger partial charge in [-0.1, -0.05) is 78.9 Å². The summed E-state index contributed by atoms with van der Waals surface area (Å²) < 4.78 is 26.3. The van der Waals surface area contributed by atoms with Crippen molar-refractivity contribution in [3.63, 3.8) is 0 Å². The highest BCUT2D eigenvalue weighted by atomic mass is 19.1. The molecule has 0 unspecified atom stereocenters. The predicted molar refractivity (Wildman–Crippen MR) is 155 cm³/mol. The minimum Gasteiger partial charge on any atom is -0.497 e. The van der Waals surface area contributed by atoms with Crippen LogP contribution in [-0.4, -0.2) is 42.3 Å². The minimum absolute atomic E-state index is 0.0465. The van der Waals surface area contributed by atoms with Crippen molar-refractivity contribution in [3.05, 3.63) is 131 Å². The van der Waals surface area contributed by atoms with Gasteiger partial charge in [-0.25, -0.2) is 4.39 Å². The number of nitrogens with zero attached hydrogens (tertiary/aromatic N) is 1. The second kappa shape index (κ2) is 14.3. The molecule has 40 heavy (non-hydrogen) atoms. The molecule has 1 N–H and O–H groups in total. The Labute approximate surface area is 235 Å². The predicted octanol–water partition coefficient (Wildman–Crippen LogP) is 6.95. The van der Waals surface area contributed by atoms with Gasteiger partial charge in [0.1, 0.15) is 17.3 Å². The molecule has 0 aliphatic heterocycles. The van der Waals surface area contributed by atoms with Gasteiger partial charge < -0.3 is 14.6 Å². The van der Waals surface area contributed by atoms with Crippen molar-refractivity contribution < 1.29 is 23.8 Å². The van der Waals surface area contributed by atoms with Gasteiger partial charge in [0, 0.05) is 36.7 Å². The molecule has 0 aliphatic rings. The van der Waals surface area contributed by atoms with Crippen molar-refractivity contribution >= 4 is 5.97 Å². The Hall–Kier alpha value is -4.16.